The molecular formula is C16H22O6. The SMILES string of the molecule is COC1(CO)O[C@@H]2OC(C)(C)O[C@@H]2[C@@H]1OCc1ccccc1. The standard InChI is InChI=1S/C16H22O6/c1-15(2)20-12-13(19-9-11-7-5-4-6-8-11)16(10-17,18-3)22-14(12)21-15/h4-8,12-14,17H,9-10H2,1-3H3/t12-,13+,14+,16?/m1/s1. The number of methoxy groups -OCH3 is 1. The number of rotatable bonds is 5. The van der Waals surface area contributed by atoms with Crippen LogP contribution in [0, 0.1) is 0 Å². The van der Waals surface area contributed by atoms with Gasteiger partial charge in [-0.05, 0) is 19.4 Å². The molecule has 0 saturated carbocycles. The molecule has 0 aromatic heterocycles. The van der Waals surface area contributed by atoms with Crippen LogP contribution in [0.2, 0.25) is 0 Å². The maximum absolute atomic E-state index is 9.73. The van der Waals surface area contributed by atoms with Gasteiger partial charge in [-0.25, -0.2) is 0 Å². The van der Waals surface area contributed by atoms with E-state index >= 15 is 0 Å². The van der Waals surface area contributed by atoms with E-state index < -0.39 is 30.1 Å². The van der Waals surface area contributed by atoms with Crippen LogP contribution in [0.4, 0.5) is 0 Å². The van der Waals surface area contributed by atoms with Gasteiger partial charge in [-0.3, -0.25) is 0 Å². The molecule has 0 radical (unpaired) electrons. The van der Waals surface area contributed by atoms with Crippen molar-refractivity contribution >= 4 is 0 Å². The lowest BCUT2D eigenvalue weighted by Crippen LogP contribution is -2.50. The third kappa shape index (κ3) is 2.78. The van der Waals surface area contributed by atoms with Crippen molar-refractivity contribution in [1.82, 2.24) is 0 Å². The summed E-state index contributed by atoms with van der Waals surface area (Å²) in [5.41, 5.74) is 1.02. The summed E-state index contributed by atoms with van der Waals surface area (Å²) in [6, 6.07) is 9.77. The summed E-state index contributed by atoms with van der Waals surface area (Å²) >= 11 is 0. The van der Waals surface area contributed by atoms with Crippen LogP contribution in [-0.2, 0) is 30.3 Å². The molecule has 2 aliphatic heterocycles. The third-order valence-electron chi connectivity index (χ3n) is 3.97. The lowest BCUT2D eigenvalue weighted by Gasteiger charge is -2.33. The molecule has 0 bridgehead atoms. The topological polar surface area (TPSA) is 66.4 Å². The zero-order chi connectivity index (χ0) is 15.8. The van der Waals surface area contributed by atoms with Crippen LogP contribution in [-0.4, -0.2) is 48.9 Å². The first-order chi connectivity index (χ1) is 10.5. The molecule has 2 fully saturated rings. The smallest absolute Gasteiger partial charge is 0.223 e. The molecule has 0 spiro atoms. The molecule has 6 nitrogen and oxygen atoms in total. The largest absolute Gasteiger partial charge is 0.391 e. The zero-order valence-electron chi connectivity index (χ0n) is 13.0. The van der Waals surface area contributed by atoms with Crippen molar-refractivity contribution in [3.63, 3.8) is 0 Å². The van der Waals surface area contributed by atoms with Gasteiger partial charge in [-0.1, -0.05) is 30.3 Å². The van der Waals surface area contributed by atoms with Crippen molar-refractivity contribution in [2.75, 3.05) is 13.7 Å². The summed E-state index contributed by atoms with van der Waals surface area (Å²) in [4.78, 5) is 0. The minimum Gasteiger partial charge on any atom is -0.391 e. The molecule has 0 aliphatic carbocycles. The lowest BCUT2D eigenvalue weighted by atomic mass is 10.1. The molecule has 2 saturated heterocycles. The van der Waals surface area contributed by atoms with Crippen LogP contribution in [0.3, 0.4) is 0 Å². The van der Waals surface area contributed by atoms with Crippen LogP contribution in [0.1, 0.15) is 19.4 Å². The summed E-state index contributed by atoms with van der Waals surface area (Å²) in [5.74, 6) is -2.03. The second kappa shape index (κ2) is 5.88. The summed E-state index contributed by atoms with van der Waals surface area (Å²) < 4.78 is 28.7. The number of benzene rings is 1. The van der Waals surface area contributed by atoms with Gasteiger partial charge in [-0.15, -0.1) is 0 Å². The summed E-state index contributed by atoms with van der Waals surface area (Å²) in [5, 5.41) is 9.73. The van der Waals surface area contributed by atoms with E-state index in [-0.39, 0.29) is 6.61 Å². The highest BCUT2D eigenvalue weighted by Crippen LogP contribution is 2.44. The minimum atomic E-state index is -1.28. The van der Waals surface area contributed by atoms with E-state index in [4.69, 9.17) is 23.7 Å². The molecule has 4 atom stereocenters. The van der Waals surface area contributed by atoms with Gasteiger partial charge >= 0.3 is 0 Å². The number of ether oxygens (including phenoxy) is 5. The number of fused-ring (bicyclic) bond motifs is 1. The highest BCUT2D eigenvalue weighted by Gasteiger charge is 2.63. The molecule has 1 unspecified atom stereocenters. The third-order valence-corrected chi connectivity index (χ3v) is 3.97. The van der Waals surface area contributed by atoms with E-state index in [1.54, 1.807) is 0 Å². The van der Waals surface area contributed by atoms with Gasteiger partial charge in [0.25, 0.3) is 0 Å². The monoisotopic (exact) mass is 310 g/mol. The zero-order valence-corrected chi connectivity index (χ0v) is 13.0. The number of aliphatic hydroxyl groups excluding tert-OH is 1. The van der Waals surface area contributed by atoms with Gasteiger partial charge in [0.1, 0.15) is 18.8 Å². The Morgan fingerprint density at radius 1 is 1.14 bits per heavy atom. The van der Waals surface area contributed by atoms with Crippen molar-refractivity contribution in [2.24, 2.45) is 0 Å². The highest BCUT2D eigenvalue weighted by atomic mass is 16.9. The van der Waals surface area contributed by atoms with Gasteiger partial charge in [0.05, 0.1) is 6.61 Å². The minimum absolute atomic E-state index is 0.344. The van der Waals surface area contributed by atoms with Gasteiger partial charge in [0, 0.05) is 7.11 Å². The molecule has 2 aliphatic rings. The summed E-state index contributed by atoms with van der Waals surface area (Å²) in [7, 11) is 1.47. The van der Waals surface area contributed by atoms with E-state index in [1.807, 2.05) is 44.2 Å². The van der Waals surface area contributed by atoms with Gasteiger partial charge in [0.2, 0.25) is 5.79 Å². The molecular weight excluding hydrogens is 288 g/mol. The highest BCUT2D eigenvalue weighted by molar-refractivity contribution is 5.13. The van der Waals surface area contributed by atoms with Crippen molar-refractivity contribution in [2.45, 2.75) is 50.5 Å². The predicted molar refractivity (Wildman–Crippen MR) is 76.8 cm³/mol. The van der Waals surface area contributed by atoms with Gasteiger partial charge in [-0.2, -0.15) is 0 Å². The summed E-state index contributed by atoms with van der Waals surface area (Å²) in [6.07, 6.45) is -1.66. The Kier molecular flexibility index (Phi) is 4.24. The molecule has 2 heterocycles. The normalized spacial score (nSPS) is 36.5. The van der Waals surface area contributed by atoms with Crippen molar-refractivity contribution in [1.29, 1.82) is 0 Å². The fourth-order valence-electron chi connectivity index (χ4n) is 2.91. The molecule has 3 rings (SSSR count). The Morgan fingerprint density at radius 3 is 2.50 bits per heavy atom. The molecule has 122 valence electrons. The number of hydrogen-bond donors (Lipinski definition) is 1. The predicted octanol–water partition coefficient (Wildman–Crippen LogP) is 1.41. The van der Waals surface area contributed by atoms with Gasteiger partial charge < -0.3 is 28.8 Å². The molecule has 0 amide bonds. The van der Waals surface area contributed by atoms with Crippen LogP contribution < -0.4 is 0 Å². The number of hydrogen-bond acceptors (Lipinski definition) is 6. The second-order valence-electron chi connectivity index (χ2n) is 5.98. The average molecular weight is 310 g/mol. The fourth-order valence-corrected chi connectivity index (χ4v) is 2.91. The molecule has 6 heteroatoms. The Morgan fingerprint density at radius 2 is 1.86 bits per heavy atom. The maximum Gasteiger partial charge on any atom is 0.223 e. The van der Waals surface area contributed by atoms with E-state index in [9.17, 15) is 5.11 Å². The van der Waals surface area contributed by atoms with Crippen LogP contribution in [0.5, 0.6) is 0 Å². The van der Waals surface area contributed by atoms with Crippen LogP contribution in [0.25, 0.3) is 0 Å². The van der Waals surface area contributed by atoms with Gasteiger partial charge in [0.15, 0.2) is 12.1 Å². The van der Waals surface area contributed by atoms with Crippen LogP contribution in [0.15, 0.2) is 30.3 Å². The Labute approximate surface area is 129 Å². The first-order valence-corrected chi connectivity index (χ1v) is 7.35. The fraction of sp³-hybridized carbons (Fsp3) is 0.625. The van der Waals surface area contributed by atoms with E-state index in [0.717, 1.165) is 5.56 Å². The quantitative estimate of drug-likeness (QED) is 0.887. The average Bonchev–Trinajstić information content (AvgIpc) is 2.95. The molecule has 1 aromatic carbocycles. The Bertz CT molecular complexity index is 499. The summed E-state index contributed by atoms with van der Waals surface area (Å²) in [6.45, 7) is 3.66. The Balaban J connectivity index is 1.77. The second-order valence-corrected chi connectivity index (χ2v) is 5.98. The van der Waals surface area contributed by atoms with E-state index in [1.165, 1.54) is 7.11 Å². The molecule has 1 N–H and O–H groups in total. The van der Waals surface area contributed by atoms with E-state index in [2.05, 4.69) is 0 Å². The van der Waals surface area contributed by atoms with Crippen LogP contribution >= 0.6 is 0 Å². The lowest BCUT2D eigenvalue weighted by molar-refractivity contribution is -0.324. The van der Waals surface area contributed by atoms with Crippen molar-refractivity contribution in [3.8, 4) is 0 Å². The first-order valence-electron chi connectivity index (χ1n) is 7.35. The maximum atomic E-state index is 9.73. The van der Waals surface area contributed by atoms with E-state index in [0.29, 0.717) is 6.61 Å². The molecule has 1 aromatic rings. The Hall–Kier alpha value is -1.02. The van der Waals surface area contributed by atoms with Crippen molar-refractivity contribution < 1.29 is 28.8 Å². The first kappa shape index (κ1) is 15.9. The molecule has 22 heavy (non-hydrogen) atoms. The number of aliphatic hydroxyl groups is 1. The van der Waals surface area contributed by atoms with Crippen molar-refractivity contribution in [3.05, 3.63) is 35.9 Å².